The number of rotatable bonds is 3. The Morgan fingerprint density at radius 2 is 1.79 bits per heavy atom. The van der Waals surface area contributed by atoms with Gasteiger partial charge in [0, 0.05) is 6.04 Å². The van der Waals surface area contributed by atoms with Gasteiger partial charge in [0.15, 0.2) is 0 Å². The highest BCUT2D eigenvalue weighted by Crippen LogP contribution is 2.41. The molecule has 3 unspecified atom stereocenters. The van der Waals surface area contributed by atoms with Crippen molar-refractivity contribution in [3.05, 3.63) is 0 Å². The monoisotopic (exact) mass is 262 g/mol. The predicted octanol–water partition coefficient (Wildman–Crippen LogP) is 4.22. The van der Waals surface area contributed by atoms with E-state index in [0.717, 1.165) is 12.3 Å². The van der Waals surface area contributed by atoms with Gasteiger partial charge in [0.1, 0.15) is 0 Å². The minimum Gasteiger partial charge on any atom is -0.299 e. The highest BCUT2D eigenvalue weighted by molar-refractivity contribution is 4.99. The second-order valence-electron chi connectivity index (χ2n) is 6.96. The van der Waals surface area contributed by atoms with Crippen LogP contribution >= 0.6 is 0 Å². The lowest BCUT2D eigenvalue weighted by molar-refractivity contribution is 0.0316. The average Bonchev–Trinajstić information content (AvgIpc) is 2.47. The van der Waals surface area contributed by atoms with Crippen LogP contribution in [0.3, 0.4) is 0 Å². The van der Waals surface area contributed by atoms with Crippen LogP contribution in [-0.2, 0) is 0 Å². The van der Waals surface area contributed by atoms with Crippen LogP contribution in [0, 0.1) is 28.6 Å². The molecule has 2 aliphatic rings. The van der Waals surface area contributed by atoms with Crippen molar-refractivity contribution in [1.29, 1.82) is 5.26 Å². The van der Waals surface area contributed by atoms with Crippen LogP contribution in [0.2, 0.25) is 0 Å². The molecule has 0 spiro atoms. The molecule has 0 N–H and O–H groups in total. The molecule has 0 bridgehead atoms. The minimum atomic E-state index is 0.284. The highest BCUT2D eigenvalue weighted by atomic mass is 15.2. The lowest BCUT2D eigenvalue weighted by Crippen LogP contribution is -2.49. The highest BCUT2D eigenvalue weighted by Gasteiger charge is 2.38. The SMILES string of the molecule is CCC1(CC)CCN(C2CC(C)CCC2C#N)CC1. The molecule has 0 aromatic carbocycles. The van der Waals surface area contributed by atoms with E-state index in [1.807, 2.05) is 0 Å². The average molecular weight is 262 g/mol. The number of hydrogen-bond acceptors (Lipinski definition) is 2. The van der Waals surface area contributed by atoms with E-state index in [1.165, 1.54) is 51.6 Å². The van der Waals surface area contributed by atoms with Gasteiger partial charge in [0.25, 0.3) is 0 Å². The largest absolute Gasteiger partial charge is 0.299 e. The third kappa shape index (κ3) is 3.14. The van der Waals surface area contributed by atoms with E-state index in [4.69, 9.17) is 0 Å². The zero-order chi connectivity index (χ0) is 13.9. The standard InChI is InChI=1S/C17H30N2/c1-4-17(5-2)8-10-19(11-9-17)16-12-14(3)6-7-15(16)13-18/h14-16H,4-12H2,1-3H3. The van der Waals surface area contributed by atoms with E-state index in [1.54, 1.807) is 0 Å². The minimum absolute atomic E-state index is 0.284. The lowest BCUT2D eigenvalue weighted by atomic mass is 9.72. The topological polar surface area (TPSA) is 27.0 Å². The molecule has 0 amide bonds. The second kappa shape index (κ2) is 6.27. The fourth-order valence-electron chi connectivity index (χ4n) is 4.19. The summed E-state index contributed by atoms with van der Waals surface area (Å²) in [4.78, 5) is 2.65. The van der Waals surface area contributed by atoms with E-state index in [-0.39, 0.29) is 5.92 Å². The van der Waals surface area contributed by atoms with Gasteiger partial charge in [-0.1, -0.05) is 33.6 Å². The normalized spacial score (nSPS) is 35.8. The van der Waals surface area contributed by atoms with E-state index in [0.29, 0.717) is 11.5 Å². The molecule has 108 valence electrons. The Balaban J connectivity index is 1.98. The molecule has 2 nitrogen and oxygen atoms in total. The number of piperidine rings is 1. The van der Waals surface area contributed by atoms with Crippen molar-refractivity contribution in [3.63, 3.8) is 0 Å². The van der Waals surface area contributed by atoms with Crippen LogP contribution < -0.4 is 0 Å². The Kier molecular flexibility index (Phi) is 4.90. The summed E-state index contributed by atoms with van der Waals surface area (Å²) in [5.74, 6) is 1.09. The Bertz CT molecular complexity index is 317. The second-order valence-corrected chi connectivity index (χ2v) is 6.96. The van der Waals surface area contributed by atoms with Crippen LogP contribution in [0.4, 0.5) is 0 Å². The van der Waals surface area contributed by atoms with E-state index in [9.17, 15) is 5.26 Å². The van der Waals surface area contributed by atoms with Gasteiger partial charge in [0.2, 0.25) is 0 Å². The summed E-state index contributed by atoms with van der Waals surface area (Å²) < 4.78 is 0. The molecule has 0 radical (unpaired) electrons. The fourth-order valence-corrected chi connectivity index (χ4v) is 4.19. The van der Waals surface area contributed by atoms with Crippen LogP contribution in [0.5, 0.6) is 0 Å². The van der Waals surface area contributed by atoms with Gasteiger partial charge in [-0.05, 0) is 56.5 Å². The Morgan fingerprint density at radius 1 is 1.16 bits per heavy atom. The first-order valence-electron chi connectivity index (χ1n) is 8.28. The fraction of sp³-hybridized carbons (Fsp3) is 0.941. The number of hydrogen-bond donors (Lipinski definition) is 0. The van der Waals surface area contributed by atoms with Crippen molar-refractivity contribution in [2.45, 2.75) is 71.8 Å². The maximum absolute atomic E-state index is 9.40. The summed E-state index contributed by atoms with van der Waals surface area (Å²) in [7, 11) is 0. The molecule has 0 aromatic rings. The molecule has 3 atom stereocenters. The van der Waals surface area contributed by atoms with Crippen molar-refractivity contribution in [3.8, 4) is 6.07 Å². The summed E-state index contributed by atoms with van der Waals surface area (Å²) >= 11 is 0. The molecule has 2 fully saturated rings. The van der Waals surface area contributed by atoms with Crippen LogP contribution in [0.1, 0.15) is 65.7 Å². The first kappa shape index (κ1) is 14.9. The number of likely N-dealkylation sites (tertiary alicyclic amines) is 1. The summed E-state index contributed by atoms with van der Waals surface area (Å²) in [5.41, 5.74) is 0.596. The van der Waals surface area contributed by atoms with E-state index >= 15 is 0 Å². The lowest BCUT2D eigenvalue weighted by Gasteiger charge is -2.47. The van der Waals surface area contributed by atoms with Gasteiger partial charge in [-0.25, -0.2) is 0 Å². The van der Waals surface area contributed by atoms with Gasteiger partial charge in [-0.15, -0.1) is 0 Å². The van der Waals surface area contributed by atoms with Gasteiger partial charge in [-0.2, -0.15) is 5.26 Å². The Morgan fingerprint density at radius 3 is 2.32 bits per heavy atom. The quantitative estimate of drug-likeness (QED) is 0.761. The first-order valence-corrected chi connectivity index (χ1v) is 8.28. The number of nitrogens with zero attached hydrogens (tertiary/aromatic N) is 2. The molecule has 1 aliphatic carbocycles. The molecule has 2 rings (SSSR count). The van der Waals surface area contributed by atoms with Crippen molar-refractivity contribution in [2.75, 3.05) is 13.1 Å². The van der Waals surface area contributed by atoms with Crippen molar-refractivity contribution in [1.82, 2.24) is 4.90 Å². The molecule has 19 heavy (non-hydrogen) atoms. The Hall–Kier alpha value is -0.550. The Labute approximate surface area is 119 Å². The zero-order valence-electron chi connectivity index (χ0n) is 13.0. The van der Waals surface area contributed by atoms with Crippen molar-refractivity contribution < 1.29 is 0 Å². The summed E-state index contributed by atoms with van der Waals surface area (Å²) in [6.07, 6.45) is 8.91. The van der Waals surface area contributed by atoms with Crippen LogP contribution in [0.25, 0.3) is 0 Å². The van der Waals surface area contributed by atoms with Crippen molar-refractivity contribution in [2.24, 2.45) is 17.3 Å². The molecule has 0 aromatic heterocycles. The third-order valence-electron chi connectivity index (χ3n) is 6.07. The van der Waals surface area contributed by atoms with Gasteiger partial charge < -0.3 is 0 Å². The summed E-state index contributed by atoms with van der Waals surface area (Å²) in [6.45, 7) is 9.49. The van der Waals surface area contributed by atoms with Crippen LogP contribution in [-0.4, -0.2) is 24.0 Å². The summed E-state index contributed by atoms with van der Waals surface area (Å²) in [5, 5.41) is 9.40. The number of nitriles is 1. The van der Waals surface area contributed by atoms with Gasteiger partial charge in [0.05, 0.1) is 12.0 Å². The maximum atomic E-state index is 9.40. The summed E-state index contributed by atoms with van der Waals surface area (Å²) in [6, 6.07) is 3.12. The van der Waals surface area contributed by atoms with Gasteiger partial charge in [-0.3, -0.25) is 4.90 Å². The third-order valence-corrected chi connectivity index (χ3v) is 6.07. The van der Waals surface area contributed by atoms with Gasteiger partial charge >= 0.3 is 0 Å². The molecule has 1 saturated carbocycles. The molecule has 1 saturated heterocycles. The molecular formula is C17H30N2. The maximum Gasteiger partial charge on any atom is 0.0672 e. The molecular weight excluding hydrogens is 232 g/mol. The first-order chi connectivity index (χ1) is 9.14. The molecule has 2 heteroatoms. The smallest absolute Gasteiger partial charge is 0.0672 e. The molecule has 1 heterocycles. The van der Waals surface area contributed by atoms with E-state index < -0.39 is 0 Å². The molecule has 1 aliphatic heterocycles. The van der Waals surface area contributed by atoms with Crippen molar-refractivity contribution >= 4 is 0 Å². The zero-order valence-corrected chi connectivity index (χ0v) is 13.0. The van der Waals surface area contributed by atoms with E-state index in [2.05, 4.69) is 31.7 Å². The predicted molar refractivity (Wildman–Crippen MR) is 79.7 cm³/mol. The van der Waals surface area contributed by atoms with Crippen LogP contribution in [0.15, 0.2) is 0 Å².